The van der Waals surface area contributed by atoms with Crippen LogP contribution < -0.4 is 0 Å². The summed E-state index contributed by atoms with van der Waals surface area (Å²) in [5, 5.41) is 13.2. The topological polar surface area (TPSA) is 55.1 Å². The molecule has 0 aromatic carbocycles. The van der Waals surface area contributed by atoms with E-state index in [0.29, 0.717) is 23.7 Å². The second-order valence-electron chi connectivity index (χ2n) is 10.8. The van der Waals surface area contributed by atoms with E-state index in [1.54, 1.807) is 0 Å². The lowest BCUT2D eigenvalue weighted by Gasteiger charge is -2.54. The molecule has 0 unspecified atom stereocenters. The number of aliphatic hydroxyl groups excluding tert-OH is 1. The van der Waals surface area contributed by atoms with Crippen LogP contribution in [0.2, 0.25) is 0 Å². The number of alkyl halides is 3. The van der Waals surface area contributed by atoms with Gasteiger partial charge in [-0.15, -0.1) is 0 Å². The minimum Gasteiger partial charge on any atom is -0.396 e. The van der Waals surface area contributed by atoms with Crippen LogP contribution in [0.15, 0.2) is 12.4 Å². The van der Waals surface area contributed by atoms with E-state index in [1.165, 1.54) is 19.3 Å². The molecule has 3 saturated carbocycles. The molecule has 3 aliphatic rings. The predicted octanol–water partition coefficient (Wildman–Crippen LogP) is 5.74. The molecule has 1 heterocycles. The van der Waals surface area contributed by atoms with Crippen LogP contribution in [0.5, 0.6) is 0 Å². The summed E-state index contributed by atoms with van der Waals surface area (Å²) < 4.78 is 39.8. The molecule has 32 heavy (non-hydrogen) atoms. The average molecular weight is 455 g/mol. The van der Waals surface area contributed by atoms with Gasteiger partial charge in [-0.05, 0) is 86.4 Å². The summed E-state index contributed by atoms with van der Waals surface area (Å²) >= 11 is 0. The van der Waals surface area contributed by atoms with Crippen molar-refractivity contribution in [3.05, 3.63) is 18.0 Å². The van der Waals surface area contributed by atoms with Crippen molar-refractivity contribution in [3.8, 4) is 0 Å². The van der Waals surface area contributed by atoms with Crippen LogP contribution in [-0.2, 0) is 17.5 Å². The van der Waals surface area contributed by atoms with Gasteiger partial charge in [-0.25, -0.2) is 0 Å². The summed E-state index contributed by atoms with van der Waals surface area (Å²) in [7, 11) is 0. The summed E-state index contributed by atoms with van der Waals surface area (Å²) in [6.45, 7) is 4.73. The van der Waals surface area contributed by atoms with E-state index in [9.17, 15) is 23.1 Å². The number of rotatable bonds is 7. The number of aliphatic hydroxyl groups is 1. The molecule has 1 aromatic heterocycles. The molecule has 1 aromatic rings. The monoisotopic (exact) mass is 454 g/mol. The molecule has 4 rings (SSSR count). The Bertz CT molecular complexity index is 807. The molecule has 0 radical (unpaired) electrons. The molecule has 7 atom stereocenters. The van der Waals surface area contributed by atoms with Gasteiger partial charge in [-0.1, -0.05) is 20.3 Å². The first-order valence-corrected chi connectivity index (χ1v) is 12.4. The zero-order valence-electron chi connectivity index (χ0n) is 19.3. The molecule has 0 saturated heterocycles. The van der Waals surface area contributed by atoms with Gasteiger partial charge in [-0.3, -0.25) is 9.48 Å². The highest BCUT2D eigenvalue weighted by molar-refractivity contribution is 5.82. The molecule has 180 valence electrons. The van der Waals surface area contributed by atoms with Crippen molar-refractivity contribution >= 4 is 5.78 Å². The van der Waals surface area contributed by atoms with E-state index in [4.69, 9.17) is 0 Å². The largest absolute Gasteiger partial charge is 0.419 e. The molecular weight excluding hydrogens is 417 g/mol. The zero-order valence-corrected chi connectivity index (χ0v) is 19.3. The van der Waals surface area contributed by atoms with Gasteiger partial charge in [0.05, 0.1) is 18.3 Å². The van der Waals surface area contributed by atoms with Gasteiger partial charge in [0.25, 0.3) is 0 Å². The Morgan fingerprint density at radius 1 is 1.22 bits per heavy atom. The van der Waals surface area contributed by atoms with E-state index in [1.807, 2.05) is 0 Å². The van der Waals surface area contributed by atoms with Crippen molar-refractivity contribution < 1.29 is 23.1 Å². The fraction of sp³-hybridized carbons (Fsp3) is 0.840. The number of nitrogens with zero attached hydrogens (tertiary/aromatic N) is 2. The number of carbonyl (C=O) groups excluding carboxylic acids is 1. The lowest BCUT2D eigenvalue weighted by molar-refractivity contribution is -0.138. The summed E-state index contributed by atoms with van der Waals surface area (Å²) in [5.74, 6) is 3.21. The molecule has 3 fully saturated rings. The van der Waals surface area contributed by atoms with Gasteiger partial charge >= 0.3 is 6.18 Å². The number of hydrogen-bond donors (Lipinski definition) is 1. The maximum absolute atomic E-state index is 13.2. The summed E-state index contributed by atoms with van der Waals surface area (Å²) in [5.41, 5.74) is -0.860. The number of hydrogen-bond acceptors (Lipinski definition) is 3. The maximum atomic E-state index is 13.2. The van der Waals surface area contributed by atoms with Crippen molar-refractivity contribution in [2.24, 2.45) is 40.9 Å². The minimum absolute atomic E-state index is 0.0318. The molecule has 0 bridgehead atoms. The first-order chi connectivity index (χ1) is 15.2. The van der Waals surface area contributed by atoms with E-state index >= 15 is 0 Å². The van der Waals surface area contributed by atoms with Crippen LogP contribution in [0, 0.1) is 40.9 Å². The maximum Gasteiger partial charge on any atom is 0.419 e. The molecule has 0 spiro atoms. The lowest BCUT2D eigenvalue weighted by atomic mass is 9.50. The highest BCUT2D eigenvalue weighted by Gasteiger charge is 2.57. The Balaban J connectivity index is 1.47. The van der Waals surface area contributed by atoms with Crippen LogP contribution >= 0.6 is 0 Å². The first-order valence-electron chi connectivity index (χ1n) is 12.4. The van der Waals surface area contributed by atoms with Crippen molar-refractivity contribution in [1.82, 2.24) is 9.78 Å². The molecule has 7 heteroatoms. The molecule has 4 nitrogen and oxygen atoms in total. The van der Waals surface area contributed by atoms with Crippen LogP contribution in [0.25, 0.3) is 0 Å². The van der Waals surface area contributed by atoms with Crippen LogP contribution in [0.3, 0.4) is 0 Å². The van der Waals surface area contributed by atoms with Crippen molar-refractivity contribution in [1.29, 1.82) is 0 Å². The Morgan fingerprint density at radius 2 is 2.00 bits per heavy atom. The summed E-state index contributed by atoms with van der Waals surface area (Å²) in [6, 6.07) is 0. The zero-order chi connectivity index (χ0) is 23.1. The van der Waals surface area contributed by atoms with Crippen LogP contribution in [0.4, 0.5) is 13.2 Å². The average Bonchev–Trinajstić information content (AvgIpc) is 3.35. The van der Waals surface area contributed by atoms with E-state index in [-0.39, 0.29) is 30.3 Å². The molecule has 3 aliphatic carbocycles. The minimum atomic E-state index is -4.44. The fourth-order valence-electron chi connectivity index (χ4n) is 7.91. The van der Waals surface area contributed by atoms with Crippen molar-refractivity contribution in [2.45, 2.75) is 84.4 Å². The smallest absolute Gasteiger partial charge is 0.396 e. The lowest BCUT2D eigenvalue weighted by Crippen LogP contribution is -2.48. The number of aromatic nitrogens is 2. The van der Waals surface area contributed by atoms with Gasteiger partial charge in [0.15, 0.2) is 5.78 Å². The number of fused-ring (bicyclic) bond motifs is 3. The standard InChI is InChI=1S/C25H37F3N2O2/c1-3-16-6-7-20-19(18(16)5-4-12-31)10-11-24(2)21(20)8-9-22(24)23(32)15-30-14-17(13-29-30)25(26,27)28/h13-14,16,18-22,31H,3-12,15H2,1-2H3/t16-,18-,19+,20+,21-,22+,24-/m0/s1. The van der Waals surface area contributed by atoms with E-state index in [0.717, 1.165) is 61.5 Å². The first kappa shape index (κ1) is 23.8. The fourth-order valence-corrected chi connectivity index (χ4v) is 7.91. The summed E-state index contributed by atoms with van der Waals surface area (Å²) in [6.07, 6.45) is 7.00. The van der Waals surface area contributed by atoms with Crippen molar-refractivity contribution in [3.63, 3.8) is 0 Å². The molecular formula is C25H37F3N2O2. The predicted molar refractivity (Wildman–Crippen MR) is 116 cm³/mol. The number of Topliss-reactive ketones (excluding diaryl/α,β-unsaturated/α-hetero) is 1. The van der Waals surface area contributed by atoms with Gasteiger partial charge in [0.1, 0.15) is 0 Å². The second-order valence-corrected chi connectivity index (χ2v) is 10.8. The van der Waals surface area contributed by atoms with Gasteiger partial charge in [0, 0.05) is 18.7 Å². The second kappa shape index (κ2) is 9.11. The highest BCUT2D eigenvalue weighted by atomic mass is 19.4. The molecule has 0 aliphatic heterocycles. The Labute approximate surface area is 189 Å². The normalized spacial score (nSPS) is 37.2. The van der Waals surface area contributed by atoms with E-state index < -0.39 is 11.7 Å². The summed E-state index contributed by atoms with van der Waals surface area (Å²) in [4.78, 5) is 13.2. The Hall–Kier alpha value is -1.37. The quantitative estimate of drug-likeness (QED) is 0.572. The van der Waals surface area contributed by atoms with Gasteiger partial charge < -0.3 is 5.11 Å². The third-order valence-corrected chi connectivity index (χ3v) is 9.41. The molecule has 0 amide bonds. The highest BCUT2D eigenvalue weighted by Crippen LogP contribution is 2.63. The Kier molecular flexibility index (Phi) is 6.77. The molecule has 1 N–H and O–H groups in total. The Morgan fingerprint density at radius 3 is 2.66 bits per heavy atom. The van der Waals surface area contributed by atoms with Crippen molar-refractivity contribution in [2.75, 3.05) is 6.61 Å². The third kappa shape index (κ3) is 4.26. The number of halogens is 3. The van der Waals surface area contributed by atoms with Gasteiger partial charge in [-0.2, -0.15) is 18.3 Å². The number of ketones is 1. The van der Waals surface area contributed by atoms with Gasteiger partial charge in [0.2, 0.25) is 0 Å². The third-order valence-electron chi connectivity index (χ3n) is 9.41. The van der Waals surface area contributed by atoms with Crippen LogP contribution in [-0.4, -0.2) is 27.3 Å². The number of carbonyl (C=O) groups is 1. The van der Waals surface area contributed by atoms with E-state index in [2.05, 4.69) is 18.9 Å². The SMILES string of the molecule is CC[C@H]1CC[C@@H]2[C@H](CC[C@]3(C)[C@@H](C(=O)Cn4cc(C(F)(F)F)cn4)CC[C@@H]23)[C@H]1CCCO. The van der Waals surface area contributed by atoms with Crippen LogP contribution in [0.1, 0.15) is 77.2 Å².